The van der Waals surface area contributed by atoms with Gasteiger partial charge in [-0.1, -0.05) is 30.3 Å². The van der Waals surface area contributed by atoms with Crippen LogP contribution in [0.15, 0.2) is 30.3 Å². The molecule has 0 bridgehead atoms. The molecule has 0 atom stereocenters. The normalized spacial score (nSPS) is 10.0. The third-order valence-corrected chi connectivity index (χ3v) is 2.49. The molecule has 0 aliphatic rings. The smallest absolute Gasteiger partial charge is 0.171 e. The van der Waals surface area contributed by atoms with Crippen LogP contribution in [0.25, 0.3) is 0 Å². The van der Waals surface area contributed by atoms with Crippen molar-refractivity contribution in [1.29, 1.82) is 0 Å². The van der Waals surface area contributed by atoms with Gasteiger partial charge in [-0.3, -0.25) is 4.79 Å². The first kappa shape index (κ1) is 9.02. The first-order valence-electron chi connectivity index (χ1n) is 4.20. The van der Waals surface area contributed by atoms with Crippen molar-refractivity contribution in [2.75, 3.05) is 0 Å². The quantitative estimate of drug-likeness (QED) is 0.717. The van der Waals surface area contributed by atoms with E-state index < -0.39 is 0 Å². The number of benzene rings is 1. The van der Waals surface area contributed by atoms with Crippen LogP contribution in [0.2, 0.25) is 0 Å². The second-order valence-electron chi connectivity index (χ2n) is 2.88. The number of aldehydes is 1. The summed E-state index contributed by atoms with van der Waals surface area (Å²) < 4.78 is 7.97. The molecule has 1 aromatic carbocycles. The van der Waals surface area contributed by atoms with E-state index in [0.29, 0.717) is 12.1 Å². The molecule has 0 unspecified atom stereocenters. The lowest BCUT2D eigenvalue weighted by molar-refractivity contribution is 0.111. The molecule has 0 N–H and O–H groups in total. The third-order valence-electron chi connectivity index (χ3n) is 1.91. The predicted octanol–water partition coefficient (Wildman–Crippen LogP) is 1.94. The van der Waals surface area contributed by atoms with Gasteiger partial charge in [-0.05, 0) is 5.56 Å². The summed E-state index contributed by atoms with van der Waals surface area (Å²) in [6, 6.07) is 9.91. The van der Waals surface area contributed by atoms with Crippen molar-refractivity contribution >= 4 is 18.0 Å². The van der Waals surface area contributed by atoms with Gasteiger partial charge in [0.25, 0.3) is 0 Å². The molecule has 0 aliphatic heterocycles. The zero-order valence-corrected chi connectivity index (χ0v) is 8.20. The van der Waals surface area contributed by atoms with Gasteiger partial charge in [0.1, 0.15) is 5.69 Å². The van der Waals surface area contributed by atoms with Gasteiger partial charge in [0, 0.05) is 6.42 Å². The molecule has 0 saturated heterocycles. The van der Waals surface area contributed by atoms with Gasteiger partial charge in [-0.15, -0.1) is 0 Å². The van der Waals surface area contributed by atoms with E-state index in [0.717, 1.165) is 29.3 Å². The third kappa shape index (κ3) is 1.85. The Bertz CT molecular complexity index is 425. The van der Waals surface area contributed by atoms with Crippen molar-refractivity contribution in [3.63, 3.8) is 0 Å². The number of nitrogens with zero attached hydrogens (tertiary/aromatic N) is 2. The second kappa shape index (κ2) is 4.11. The minimum Gasteiger partial charge on any atom is -0.296 e. The highest BCUT2D eigenvalue weighted by molar-refractivity contribution is 6.99. The van der Waals surface area contributed by atoms with Crippen molar-refractivity contribution in [2.45, 2.75) is 6.42 Å². The van der Waals surface area contributed by atoms with Crippen LogP contribution in [0.5, 0.6) is 0 Å². The highest BCUT2D eigenvalue weighted by atomic mass is 32.1. The first-order chi connectivity index (χ1) is 6.90. The minimum absolute atomic E-state index is 0.457. The van der Waals surface area contributed by atoms with Gasteiger partial charge in [0.2, 0.25) is 0 Å². The lowest BCUT2D eigenvalue weighted by atomic mass is 10.1. The van der Waals surface area contributed by atoms with Gasteiger partial charge in [0.15, 0.2) is 6.29 Å². The molecular weight excluding hydrogens is 196 g/mol. The van der Waals surface area contributed by atoms with Crippen LogP contribution in [0, 0.1) is 0 Å². The largest absolute Gasteiger partial charge is 0.296 e. The van der Waals surface area contributed by atoms with Gasteiger partial charge in [-0.2, -0.15) is 8.75 Å². The summed E-state index contributed by atoms with van der Waals surface area (Å²) in [5, 5.41) is 0. The zero-order chi connectivity index (χ0) is 9.80. The Morgan fingerprint density at radius 3 is 2.71 bits per heavy atom. The summed E-state index contributed by atoms with van der Waals surface area (Å²) in [7, 11) is 0. The standard InChI is InChI=1S/C10H8N2OS/c13-7-10-9(11-14-12-10)6-8-4-2-1-3-5-8/h1-5,7H,6H2. The number of carbonyl (C=O) groups excluding carboxylic acids is 1. The van der Waals surface area contributed by atoms with E-state index in [2.05, 4.69) is 8.75 Å². The van der Waals surface area contributed by atoms with Crippen LogP contribution in [-0.2, 0) is 6.42 Å². The lowest BCUT2D eigenvalue weighted by Gasteiger charge is -1.96. The molecule has 0 saturated carbocycles. The predicted molar refractivity (Wildman–Crippen MR) is 54.5 cm³/mol. The second-order valence-corrected chi connectivity index (χ2v) is 3.40. The molecule has 1 aromatic heterocycles. The Hall–Kier alpha value is -1.55. The maximum Gasteiger partial charge on any atom is 0.171 e. The van der Waals surface area contributed by atoms with Crippen LogP contribution in [0.1, 0.15) is 21.7 Å². The van der Waals surface area contributed by atoms with Crippen molar-refractivity contribution in [2.24, 2.45) is 0 Å². The molecule has 14 heavy (non-hydrogen) atoms. The molecule has 2 aromatic rings. The Kier molecular flexibility index (Phi) is 2.65. The summed E-state index contributed by atoms with van der Waals surface area (Å²) in [6.07, 6.45) is 1.42. The average Bonchev–Trinajstić information content (AvgIpc) is 2.67. The van der Waals surface area contributed by atoms with Crippen LogP contribution < -0.4 is 0 Å². The maximum absolute atomic E-state index is 10.6. The summed E-state index contributed by atoms with van der Waals surface area (Å²) in [6.45, 7) is 0. The number of hydrogen-bond acceptors (Lipinski definition) is 4. The first-order valence-corrected chi connectivity index (χ1v) is 4.93. The molecule has 0 fully saturated rings. The molecule has 0 radical (unpaired) electrons. The summed E-state index contributed by atoms with van der Waals surface area (Å²) in [5.74, 6) is 0. The monoisotopic (exact) mass is 204 g/mol. The van der Waals surface area contributed by atoms with Gasteiger partial charge >= 0.3 is 0 Å². The fourth-order valence-corrected chi connectivity index (χ4v) is 1.75. The van der Waals surface area contributed by atoms with E-state index >= 15 is 0 Å². The van der Waals surface area contributed by atoms with E-state index in [9.17, 15) is 4.79 Å². The Balaban J connectivity index is 2.23. The van der Waals surface area contributed by atoms with Crippen LogP contribution in [-0.4, -0.2) is 15.0 Å². The maximum atomic E-state index is 10.6. The fraction of sp³-hybridized carbons (Fsp3) is 0.100. The van der Waals surface area contributed by atoms with E-state index in [1.807, 2.05) is 30.3 Å². The Morgan fingerprint density at radius 1 is 1.21 bits per heavy atom. The van der Waals surface area contributed by atoms with E-state index in [-0.39, 0.29) is 0 Å². The van der Waals surface area contributed by atoms with E-state index in [4.69, 9.17) is 0 Å². The molecular formula is C10H8N2OS. The number of carbonyl (C=O) groups is 1. The van der Waals surface area contributed by atoms with E-state index in [1.165, 1.54) is 0 Å². The highest BCUT2D eigenvalue weighted by Gasteiger charge is 2.06. The highest BCUT2D eigenvalue weighted by Crippen LogP contribution is 2.10. The molecule has 0 aliphatic carbocycles. The number of rotatable bonds is 3. The minimum atomic E-state index is 0.457. The number of hydrogen-bond donors (Lipinski definition) is 0. The van der Waals surface area contributed by atoms with Gasteiger partial charge in [0.05, 0.1) is 17.4 Å². The van der Waals surface area contributed by atoms with Crippen molar-refractivity contribution in [1.82, 2.24) is 8.75 Å². The molecule has 70 valence electrons. The van der Waals surface area contributed by atoms with Crippen molar-refractivity contribution in [3.8, 4) is 0 Å². The molecule has 3 nitrogen and oxygen atoms in total. The van der Waals surface area contributed by atoms with Gasteiger partial charge in [-0.25, -0.2) is 0 Å². The summed E-state index contributed by atoms with van der Waals surface area (Å²) in [5.41, 5.74) is 2.36. The molecule has 2 rings (SSSR count). The summed E-state index contributed by atoms with van der Waals surface area (Å²) in [4.78, 5) is 10.6. The summed E-state index contributed by atoms with van der Waals surface area (Å²) >= 11 is 1.08. The van der Waals surface area contributed by atoms with Crippen LogP contribution >= 0.6 is 11.7 Å². The molecule has 0 amide bonds. The van der Waals surface area contributed by atoms with E-state index in [1.54, 1.807) is 0 Å². The Morgan fingerprint density at radius 2 is 2.00 bits per heavy atom. The van der Waals surface area contributed by atoms with Crippen LogP contribution in [0.3, 0.4) is 0 Å². The lowest BCUT2D eigenvalue weighted by Crippen LogP contribution is -1.93. The van der Waals surface area contributed by atoms with Crippen LogP contribution in [0.4, 0.5) is 0 Å². The van der Waals surface area contributed by atoms with Crippen molar-refractivity contribution < 1.29 is 4.79 Å². The fourth-order valence-electron chi connectivity index (χ4n) is 1.21. The topological polar surface area (TPSA) is 42.9 Å². The number of aromatic nitrogens is 2. The van der Waals surface area contributed by atoms with Gasteiger partial charge < -0.3 is 0 Å². The Labute approximate surface area is 85.7 Å². The zero-order valence-electron chi connectivity index (χ0n) is 7.38. The van der Waals surface area contributed by atoms with Crippen molar-refractivity contribution in [3.05, 3.63) is 47.3 Å². The average molecular weight is 204 g/mol. The molecule has 4 heteroatoms. The molecule has 1 heterocycles. The SMILES string of the molecule is O=Cc1nsnc1Cc1ccccc1. The molecule has 0 spiro atoms.